The van der Waals surface area contributed by atoms with Crippen LogP contribution in [0.3, 0.4) is 0 Å². The number of hydrogen-bond acceptors (Lipinski definition) is 3. The Kier molecular flexibility index (Phi) is 3.73. The highest BCUT2D eigenvalue weighted by Crippen LogP contribution is 2.33. The Hall–Kier alpha value is -1.44. The third-order valence-corrected chi connectivity index (χ3v) is 5.63. The molecule has 0 aliphatic carbocycles. The summed E-state index contributed by atoms with van der Waals surface area (Å²) in [6.45, 7) is 0.234. The molecule has 2 aromatic carbocycles. The molecule has 3 rings (SSSR count). The van der Waals surface area contributed by atoms with Gasteiger partial charge in [0.2, 0.25) is 10.0 Å². The fraction of sp³-hybridized carbons (Fsp3) is 0.143. The Morgan fingerprint density at radius 2 is 2.00 bits per heavy atom. The van der Waals surface area contributed by atoms with Crippen LogP contribution in [0.25, 0.3) is 0 Å². The predicted molar refractivity (Wildman–Crippen MR) is 79.1 cm³/mol. The van der Waals surface area contributed by atoms with E-state index in [1.54, 1.807) is 6.07 Å². The van der Waals surface area contributed by atoms with Crippen molar-refractivity contribution < 1.29 is 17.5 Å². The summed E-state index contributed by atoms with van der Waals surface area (Å²) >= 11 is 3.07. The number of benzene rings is 2. The molecule has 1 atom stereocenters. The monoisotopic (exact) mass is 371 g/mol. The van der Waals surface area contributed by atoms with Crippen LogP contribution in [0.2, 0.25) is 0 Å². The second-order valence-corrected chi connectivity index (χ2v) is 7.13. The normalized spacial score (nSPS) is 17.3. The molecule has 110 valence electrons. The minimum Gasteiger partial charge on any atom is -0.491 e. The van der Waals surface area contributed by atoms with Crippen LogP contribution in [0.1, 0.15) is 11.6 Å². The summed E-state index contributed by atoms with van der Waals surface area (Å²) in [6.07, 6.45) is 0. The quantitative estimate of drug-likeness (QED) is 0.901. The molecule has 2 aromatic rings. The minimum absolute atomic E-state index is 0.00622. The number of sulfonamides is 1. The maximum atomic E-state index is 13.1. The van der Waals surface area contributed by atoms with Gasteiger partial charge < -0.3 is 4.74 Å². The molecule has 0 fully saturated rings. The van der Waals surface area contributed by atoms with E-state index in [9.17, 15) is 12.8 Å². The van der Waals surface area contributed by atoms with Crippen molar-refractivity contribution in [2.45, 2.75) is 10.9 Å². The van der Waals surface area contributed by atoms with Gasteiger partial charge in [0, 0.05) is 10.0 Å². The molecular weight excluding hydrogens is 361 g/mol. The van der Waals surface area contributed by atoms with Crippen LogP contribution in [0.15, 0.2) is 51.8 Å². The molecular formula is C14H11BrFNO3S. The van der Waals surface area contributed by atoms with E-state index in [4.69, 9.17) is 4.74 Å². The van der Waals surface area contributed by atoms with E-state index in [0.717, 1.165) is 17.7 Å². The molecule has 0 saturated heterocycles. The summed E-state index contributed by atoms with van der Waals surface area (Å²) in [5, 5.41) is 0. The van der Waals surface area contributed by atoms with Crippen molar-refractivity contribution in [3.05, 3.63) is 58.3 Å². The van der Waals surface area contributed by atoms with E-state index in [2.05, 4.69) is 20.7 Å². The fourth-order valence-corrected chi connectivity index (χ4v) is 4.45. The summed E-state index contributed by atoms with van der Waals surface area (Å²) in [5.41, 5.74) is 0.791. The molecule has 21 heavy (non-hydrogen) atoms. The Bertz CT molecular complexity index is 795. The van der Waals surface area contributed by atoms with Crippen LogP contribution < -0.4 is 9.46 Å². The lowest BCUT2D eigenvalue weighted by molar-refractivity contribution is 0.325. The topological polar surface area (TPSA) is 55.4 Å². The summed E-state index contributed by atoms with van der Waals surface area (Å²) in [6, 6.07) is 10.3. The van der Waals surface area contributed by atoms with E-state index in [1.807, 2.05) is 18.2 Å². The predicted octanol–water partition coefficient (Wildman–Crippen LogP) is 3.00. The molecule has 0 amide bonds. The van der Waals surface area contributed by atoms with Gasteiger partial charge in [0.15, 0.2) is 0 Å². The largest absolute Gasteiger partial charge is 0.491 e. The summed E-state index contributed by atoms with van der Waals surface area (Å²) in [7, 11) is -3.78. The molecule has 1 unspecified atom stereocenters. The number of ether oxygens (including phenoxy) is 1. The zero-order chi connectivity index (χ0) is 15.0. The van der Waals surface area contributed by atoms with Gasteiger partial charge in [-0.1, -0.05) is 18.2 Å². The Labute approximate surface area is 130 Å². The molecule has 1 aliphatic heterocycles. The third-order valence-electron chi connectivity index (χ3n) is 3.18. The van der Waals surface area contributed by atoms with Gasteiger partial charge in [0.1, 0.15) is 18.2 Å². The van der Waals surface area contributed by atoms with Gasteiger partial charge in [0.05, 0.1) is 10.9 Å². The SMILES string of the molecule is O=S(=O)(NC1COc2ccccc21)c1ccc(F)cc1Br. The Balaban J connectivity index is 1.91. The number of para-hydroxylation sites is 1. The average molecular weight is 372 g/mol. The van der Waals surface area contributed by atoms with Crippen LogP contribution in [0, 0.1) is 5.82 Å². The van der Waals surface area contributed by atoms with E-state index in [-0.39, 0.29) is 16.0 Å². The lowest BCUT2D eigenvalue weighted by Crippen LogP contribution is -2.29. The maximum absolute atomic E-state index is 13.1. The number of hydrogen-bond donors (Lipinski definition) is 1. The third kappa shape index (κ3) is 2.81. The zero-order valence-corrected chi connectivity index (χ0v) is 13.1. The van der Waals surface area contributed by atoms with Crippen molar-refractivity contribution in [2.24, 2.45) is 0 Å². The molecule has 0 radical (unpaired) electrons. The smallest absolute Gasteiger partial charge is 0.242 e. The average Bonchev–Trinajstić information content (AvgIpc) is 2.81. The lowest BCUT2D eigenvalue weighted by Gasteiger charge is -2.13. The van der Waals surface area contributed by atoms with Crippen molar-refractivity contribution in [2.75, 3.05) is 6.61 Å². The maximum Gasteiger partial charge on any atom is 0.242 e. The first-order chi connectivity index (χ1) is 9.97. The first-order valence-corrected chi connectivity index (χ1v) is 8.44. The number of fused-ring (bicyclic) bond motifs is 1. The number of halogens is 2. The molecule has 0 aromatic heterocycles. The molecule has 4 nitrogen and oxygen atoms in total. The van der Waals surface area contributed by atoms with Crippen molar-refractivity contribution in [3.63, 3.8) is 0 Å². The summed E-state index contributed by atoms with van der Waals surface area (Å²) in [4.78, 5) is -0.00622. The van der Waals surface area contributed by atoms with Gasteiger partial charge in [-0.25, -0.2) is 17.5 Å². The van der Waals surface area contributed by atoms with E-state index in [1.165, 1.54) is 6.07 Å². The highest BCUT2D eigenvalue weighted by molar-refractivity contribution is 9.10. The lowest BCUT2D eigenvalue weighted by atomic mass is 10.1. The Morgan fingerprint density at radius 3 is 2.76 bits per heavy atom. The fourth-order valence-electron chi connectivity index (χ4n) is 2.20. The van der Waals surface area contributed by atoms with Crippen LogP contribution >= 0.6 is 15.9 Å². The first-order valence-electron chi connectivity index (χ1n) is 6.16. The van der Waals surface area contributed by atoms with Crippen molar-refractivity contribution in [3.8, 4) is 5.75 Å². The minimum atomic E-state index is -3.78. The van der Waals surface area contributed by atoms with Gasteiger partial charge in [-0.15, -0.1) is 0 Å². The second kappa shape index (κ2) is 5.40. The molecule has 0 saturated carbocycles. The van der Waals surface area contributed by atoms with Crippen LogP contribution in [0.5, 0.6) is 5.75 Å². The molecule has 1 heterocycles. The van der Waals surface area contributed by atoms with E-state index >= 15 is 0 Å². The standard InChI is InChI=1S/C14H11BrFNO3S/c15-11-7-9(16)5-6-14(11)21(18,19)17-12-8-20-13-4-2-1-3-10(12)13/h1-7,12,17H,8H2. The van der Waals surface area contributed by atoms with Gasteiger partial charge >= 0.3 is 0 Å². The number of rotatable bonds is 3. The second-order valence-electron chi connectivity index (χ2n) is 4.60. The Morgan fingerprint density at radius 1 is 1.24 bits per heavy atom. The van der Waals surface area contributed by atoms with Gasteiger partial charge in [0.25, 0.3) is 0 Å². The van der Waals surface area contributed by atoms with Crippen molar-refractivity contribution >= 4 is 26.0 Å². The zero-order valence-electron chi connectivity index (χ0n) is 10.7. The molecule has 0 spiro atoms. The van der Waals surface area contributed by atoms with Gasteiger partial charge in [-0.05, 0) is 40.2 Å². The molecule has 1 N–H and O–H groups in total. The summed E-state index contributed by atoms with van der Waals surface area (Å²) in [5.74, 6) is 0.166. The number of nitrogens with one attached hydrogen (secondary N) is 1. The van der Waals surface area contributed by atoms with Gasteiger partial charge in [-0.2, -0.15) is 0 Å². The van der Waals surface area contributed by atoms with Crippen LogP contribution in [-0.2, 0) is 10.0 Å². The van der Waals surface area contributed by atoms with Crippen molar-refractivity contribution in [1.29, 1.82) is 0 Å². The van der Waals surface area contributed by atoms with Crippen LogP contribution in [-0.4, -0.2) is 15.0 Å². The van der Waals surface area contributed by atoms with E-state index in [0.29, 0.717) is 5.75 Å². The van der Waals surface area contributed by atoms with E-state index < -0.39 is 21.9 Å². The highest BCUT2D eigenvalue weighted by atomic mass is 79.9. The first kappa shape index (κ1) is 14.5. The molecule has 7 heteroatoms. The van der Waals surface area contributed by atoms with Crippen LogP contribution in [0.4, 0.5) is 4.39 Å². The molecule has 0 bridgehead atoms. The van der Waals surface area contributed by atoms with Gasteiger partial charge in [-0.3, -0.25) is 0 Å². The molecule has 1 aliphatic rings. The highest BCUT2D eigenvalue weighted by Gasteiger charge is 2.29. The summed E-state index contributed by atoms with van der Waals surface area (Å²) < 4.78 is 46.1. The van der Waals surface area contributed by atoms with Crippen molar-refractivity contribution in [1.82, 2.24) is 4.72 Å².